The third-order valence-corrected chi connectivity index (χ3v) is 5.19. The Bertz CT molecular complexity index is 462. The molecule has 3 rings (SSSR count). The van der Waals surface area contributed by atoms with Crippen LogP contribution in [0.2, 0.25) is 0 Å². The summed E-state index contributed by atoms with van der Waals surface area (Å²) in [6.45, 7) is 3.19. The minimum atomic E-state index is -0.00792. The summed E-state index contributed by atoms with van der Waals surface area (Å²) in [7, 11) is 2.07. The predicted molar refractivity (Wildman–Crippen MR) is 83.2 cm³/mol. The summed E-state index contributed by atoms with van der Waals surface area (Å²) in [5.41, 5.74) is 4.59. The van der Waals surface area contributed by atoms with Crippen LogP contribution in [0.1, 0.15) is 49.3 Å². The van der Waals surface area contributed by atoms with Gasteiger partial charge >= 0.3 is 0 Å². The van der Waals surface area contributed by atoms with Crippen molar-refractivity contribution in [1.29, 1.82) is 0 Å². The van der Waals surface area contributed by atoms with E-state index in [0.29, 0.717) is 6.04 Å². The van der Waals surface area contributed by atoms with Gasteiger partial charge in [-0.1, -0.05) is 18.2 Å². The van der Waals surface area contributed by atoms with Crippen molar-refractivity contribution < 1.29 is 4.74 Å². The van der Waals surface area contributed by atoms with E-state index in [4.69, 9.17) is 4.74 Å². The summed E-state index contributed by atoms with van der Waals surface area (Å²) in [6.07, 6.45) is 8.61. The highest BCUT2D eigenvalue weighted by Crippen LogP contribution is 2.30. The average molecular weight is 273 g/mol. The highest BCUT2D eigenvalue weighted by Gasteiger charge is 2.35. The number of aryl methyl sites for hydroxylation is 2. The van der Waals surface area contributed by atoms with Crippen LogP contribution in [0.3, 0.4) is 0 Å². The Morgan fingerprint density at radius 1 is 1.20 bits per heavy atom. The standard InChI is InChI=1S/C18H27NO/c1-18(10-3-4-11-20-18)17(19-2)13-14-8-9-15-6-5-7-16(15)12-14/h8-9,12,17,19H,3-7,10-11,13H2,1-2H3. The quantitative estimate of drug-likeness (QED) is 0.909. The highest BCUT2D eigenvalue weighted by atomic mass is 16.5. The zero-order valence-electron chi connectivity index (χ0n) is 12.9. The van der Waals surface area contributed by atoms with E-state index in [1.54, 1.807) is 11.1 Å². The van der Waals surface area contributed by atoms with Crippen LogP contribution in [0.5, 0.6) is 0 Å². The van der Waals surface area contributed by atoms with E-state index in [1.165, 1.54) is 44.1 Å². The fraction of sp³-hybridized carbons (Fsp3) is 0.667. The molecule has 1 N–H and O–H groups in total. The summed E-state index contributed by atoms with van der Waals surface area (Å²) in [4.78, 5) is 0. The van der Waals surface area contributed by atoms with Crippen molar-refractivity contribution in [3.8, 4) is 0 Å². The van der Waals surface area contributed by atoms with E-state index in [-0.39, 0.29) is 5.60 Å². The number of likely N-dealkylation sites (N-methyl/N-ethyl adjacent to an activating group) is 1. The molecule has 1 saturated heterocycles. The van der Waals surface area contributed by atoms with Gasteiger partial charge in [0.15, 0.2) is 0 Å². The van der Waals surface area contributed by atoms with Gasteiger partial charge in [0, 0.05) is 12.6 Å². The van der Waals surface area contributed by atoms with Crippen LogP contribution in [-0.4, -0.2) is 25.3 Å². The Balaban J connectivity index is 1.74. The minimum Gasteiger partial charge on any atom is -0.374 e. The van der Waals surface area contributed by atoms with Crippen LogP contribution >= 0.6 is 0 Å². The first-order valence-electron chi connectivity index (χ1n) is 8.13. The van der Waals surface area contributed by atoms with E-state index < -0.39 is 0 Å². The van der Waals surface area contributed by atoms with Gasteiger partial charge < -0.3 is 10.1 Å². The van der Waals surface area contributed by atoms with Crippen LogP contribution in [0, 0.1) is 0 Å². The molecule has 2 heteroatoms. The molecule has 1 heterocycles. The lowest BCUT2D eigenvalue weighted by Gasteiger charge is -2.40. The fourth-order valence-corrected chi connectivity index (χ4v) is 3.84. The largest absolute Gasteiger partial charge is 0.374 e. The molecule has 0 bridgehead atoms. The molecule has 1 fully saturated rings. The summed E-state index contributed by atoms with van der Waals surface area (Å²) in [5, 5.41) is 3.50. The Morgan fingerprint density at radius 2 is 2.05 bits per heavy atom. The highest BCUT2D eigenvalue weighted by molar-refractivity contribution is 5.35. The summed E-state index contributed by atoms with van der Waals surface area (Å²) < 4.78 is 6.12. The second-order valence-electron chi connectivity index (χ2n) is 6.62. The van der Waals surface area contributed by atoms with Gasteiger partial charge in [0.25, 0.3) is 0 Å². The number of ether oxygens (including phenoxy) is 1. The molecule has 1 aliphatic heterocycles. The second-order valence-corrected chi connectivity index (χ2v) is 6.62. The molecular formula is C18H27NO. The Kier molecular flexibility index (Phi) is 4.13. The molecule has 0 amide bonds. The van der Waals surface area contributed by atoms with Gasteiger partial charge in [0.05, 0.1) is 5.60 Å². The molecule has 2 aliphatic rings. The number of hydrogen-bond acceptors (Lipinski definition) is 2. The van der Waals surface area contributed by atoms with Gasteiger partial charge in [-0.2, -0.15) is 0 Å². The molecule has 2 atom stereocenters. The van der Waals surface area contributed by atoms with Gasteiger partial charge in [-0.3, -0.25) is 0 Å². The van der Waals surface area contributed by atoms with Crippen LogP contribution in [0.25, 0.3) is 0 Å². The maximum Gasteiger partial charge on any atom is 0.0809 e. The van der Waals surface area contributed by atoms with Crippen molar-refractivity contribution in [2.24, 2.45) is 0 Å². The van der Waals surface area contributed by atoms with Crippen LogP contribution in [0.15, 0.2) is 18.2 Å². The number of nitrogens with one attached hydrogen (secondary N) is 1. The van der Waals surface area contributed by atoms with Gasteiger partial charge in [-0.05, 0) is 75.6 Å². The zero-order valence-corrected chi connectivity index (χ0v) is 12.9. The van der Waals surface area contributed by atoms with Crippen LogP contribution in [0.4, 0.5) is 0 Å². The average Bonchev–Trinajstić information content (AvgIpc) is 2.93. The maximum absolute atomic E-state index is 6.12. The molecule has 1 aromatic rings. The van der Waals surface area contributed by atoms with E-state index in [2.05, 4.69) is 37.5 Å². The van der Waals surface area contributed by atoms with Crippen molar-refractivity contribution in [2.45, 2.75) is 63.5 Å². The van der Waals surface area contributed by atoms with E-state index in [1.807, 2.05) is 0 Å². The number of rotatable bonds is 4. The molecule has 20 heavy (non-hydrogen) atoms. The molecule has 2 unspecified atom stereocenters. The molecule has 110 valence electrons. The first kappa shape index (κ1) is 14.1. The van der Waals surface area contributed by atoms with E-state index >= 15 is 0 Å². The van der Waals surface area contributed by atoms with Gasteiger partial charge in [-0.15, -0.1) is 0 Å². The van der Waals surface area contributed by atoms with Crippen LogP contribution < -0.4 is 5.32 Å². The minimum absolute atomic E-state index is 0.00792. The lowest BCUT2D eigenvalue weighted by molar-refractivity contribution is -0.0870. The molecule has 0 radical (unpaired) electrons. The predicted octanol–water partition coefficient (Wildman–Crippen LogP) is 3.27. The fourth-order valence-electron chi connectivity index (χ4n) is 3.84. The summed E-state index contributed by atoms with van der Waals surface area (Å²) in [6, 6.07) is 7.50. The number of hydrogen-bond donors (Lipinski definition) is 1. The smallest absolute Gasteiger partial charge is 0.0809 e. The van der Waals surface area contributed by atoms with E-state index in [9.17, 15) is 0 Å². The third-order valence-electron chi connectivity index (χ3n) is 5.19. The molecule has 0 saturated carbocycles. The zero-order chi connectivity index (χ0) is 14.0. The molecule has 1 aromatic carbocycles. The second kappa shape index (κ2) is 5.87. The van der Waals surface area contributed by atoms with Crippen molar-refractivity contribution in [3.05, 3.63) is 34.9 Å². The van der Waals surface area contributed by atoms with Crippen LogP contribution in [-0.2, 0) is 24.0 Å². The Labute approximate surface area is 122 Å². The van der Waals surface area contributed by atoms with Crippen molar-refractivity contribution in [3.63, 3.8) is 0 Å². The third kappa shape index (κ3) is 2.77. The summed E-state index contributed by atoms with van der Waals surface area (Å²) in [5.74, 6) is 0. The molecule has 0 spiro atoms. The lowest BCUT2D eigenvalue weighted by Crippen LogP contribution is -2.52. The van der Waals surface area contributed by atoms with Gasteiger partial charge in [0.1, 0.15) is 0 Å². The SMILES string of the molecule is CNC(Cc1ccc2c(c1)CCC2)C1(C)CCCCO1. The molecule has 1 aliphatic carbocycles. The Morgan fingerprint density at radius 3 is 2.80 bits per heavy atom. The molecule has 2 nitrogen and oxygen atoms in total. The number of fused-ring (bicyclic) bond motifs is 1. The summed E-state index contributed by atoms with van der Waals surface area (Å²) >= 11 is 0. The van der Waals surface area contributed by atoms with Crippen molar-refractivity contribution in [2.75, 3.05) is 13.7 Å². The van der Waals surface area contributed by atoms with E-state index in [0.717, 1.165) is 13.0 Å². The maximum atomic E-state index is 6.12. The normalized spacial score (nSPS) is 27.3. The monoisotopic (exact) mass is 273 g/mol. The van der Waals surface area contributed by atoms with Crippen molar-refractivity contribution >= 4 is 0 Å². The first-order valence-corrected chi connectivity index (χ1v) is 8.13. The van der Waals surface area contributed by atoms with Gasteiger partial charge in [0.2, 0.25) is 0 Å². The Hall–Kier alpha value is -0.860. The topological polar surface area (TPSA) is 21.3 Å². The molecular weight excluding hydrogens is 246 g/mol. The lowest BCUT2D eigenvalue weighted by atomic mass is 9.84. The molecule has 0 aromatic heterocycles. The first-order chi connectivity index (χ1) is 9.71. The van der Waals surface area contributed by atoms with Gasteiger partial charge in [-0.25, -0.2) is 0 Å². The number of benzene rings is 1. The van der Waals surface area contributed by atoms with Crippen molar-refractivity contribution in [1.82, 2.24) is 5.32 Å².